The number of pyridine rings is 1. The smallest absolute Gasteiger partial charge is 0.270 e. The van der Waals surface area contributed by atoms with Gasteiger partial charge in [-0.3, -0.25) is 9.78 Å². The predicted octanol–water partition coefficient (Wildman–Crippen LogP) is 2.76. The van der Waals surface area contributed by atoms with Crippen LogP contribution in [0.3, 0.4) is 0 Å². The zero-order chi connectivity index (χ0) is 16.1. The molecule has 0 aliphatic carbocycles. The second-order valence-electron chi connectivity index (χ2n) is 6.50. The van der Waals surface area contributed by atoms with E-state index < -0.39 is 0 Å². The molecule has 2 atom stereocenters. The number of nitrogens with zero attached hydrogens (tertiary/aromatic N) is 2. The molecule has 1 aromatic heterocycles. The van der Waals surface area contributed by atoms with E-state index in [9.17, 15) is 4.79 Å². The van der Waals surface area contributed by atoms with E-state index in [1.807, 2.05) is 12.1 Å². The Labute approximate surface area is 138 Å². The molecule has 3 rings (SSSR count). The maximum Gasteiger partial charge on any atom is 0.270 e. The van der Waals surface area contributed by atoms with Crippen molar-refractivity contribution in [3.63, 3.8) is 0 Å². The van der Waals surface area contributed by atoms with Gasteiger partial charge < -0.3 is 15.0 Å². The van der Waals surface area contributed by atoms with Gasteiger partial charge in [0.05, 0.1) is 6.10 Å². The van der Waals surface area contributed by atoms with E-state index in [-0.39, 0.29) is 12.0 Å². The van der Waals surface area contributed by atoms with E-state index in [4.69, 9.17) is 4.74 Å². The van der Waals surface area contributed by atoms with Gasteiger partial charge in [-0.2, -0.15) is 0 Å². The summed E-state index contributed by atoms with van der Waals surface area (Å²) in [5.41, 5.74) is 1.62. The monoisotopic (exact) mass is 317 g/mol. The van der Waals surface area contributed by atoms with Gasteiger partial charge in [-0.25, -0.2) is 0 Å². The summed E-state index contributed by atoms with van der Waals surface area (Å²) in [6.07, 6.45) is 8.92. The first-order valence-electron chi connectivity index (χ1n) is 8.90. The minimum Gasteiger partial charge on any atom is -0.376 e. The fourth-order valence-electron chi connectivity index (χ4n) is 3.59. The summed E-state index contributed by atoms with van der Waals surface area (Å²) in [7, 11) is 0. The van der Waals surface area contributed by atoms with Crippen LogP contribution in [0, 0.1) is 0 Å². The van der Waals surface area contributed by atoms with Crippen molar-refractivity contribution in [3.8, 4) is 0 Å². The number of aromatic nitrogens is 1. The van der Waals surface area contributed by atoms with E-state index in [1.165, 1.54) is 19.3 Å². The lowest BCUT2D eigenvalue weighted by atomic mass is 9.99. The number of carbonyl (C=O) groups excluding carboxylic acids is 1. The van der Waals surface area contributed by atoms with Crippen LogP contribution in [0.15, 0.2) is 18.3 Å². The molecule has 2 aliphatic heterocycles. The third kappa shape index (κ3) is 4.02. The Morgan fingerprint density at radius 1 is 1.39 bits per heavy atom. The van der Waals surface area contributed by atoms with E-state index in [2.05, 4.69) is 22.1 Å². The summed E-state index contributed by atoms with van der Waals surface area (Å²) >= 11 is 0. The van der Waals surface area contributed by atoms with E-state index in [0.717, 1.165) is 38.1 Å². The Kier molecular flexibility index (Phi) is 5.49. The quantitative estimate of drug-likeness (QED) is 0.907. The van der Waals surface area contributed by atoms with Gasteiger partial charge in [0.2, 0.25) is 0 Å². The van der Waals surface area contributed by atoms with E-state index >= 15 is 0 Å². The topological polar surface area (TPSA) is 54.5 Å². The lowest BCUT2D eigenvalue weighted by Gasteiger charge is -2.37. The fourth-order valence-corrected chi connectivity index (χ4v) is 3.59. The average Bonchev–Trinajstić information content (AvgIpc) is 3.13. The first kappa shape index (κ1) is 16.2. The molecule has 2 unspecified atom stereocenters. The lowest BCUT2D eigenvalue weighted by Crippen LogP contribution is -2.39. The third-order valence-corrected chi connectivity index (χ3v) is 4.92. The van der Waals surface area contributed by atoms with Gasteiger partial charge >= 0.3 is 0 Å². The molecule has 5 nitrogen and oxygen atoms in total. The highest BCUT2D eigenvalue weighted by Gasteiger charge is 2.22. The molecular formula is C18H27N3O2. The van der Waals surface area contributed by atoms with E-state index in [0.29, 0.717) is 18.3 Å². The van der Waals surface area contributed by atoms with E-state index in [1.54, 1.807) is 6.20 Å². The van der Waals surface area contributed by atoms with Gasteiger partial charge in [0.25, 0.3) is 5.91 Å². The molecule has 0 spiro atoms. The van der Waals surface area contributed by atoms with Crippen LogP contribution in [0.4, 0.5) is 5.69 Å². The Hall–Kier alpha value is -1.62. The molecule has 2 fully saturated rings. The second-order valence-corrected chi connectivity index (χ2v) is 6.50. The first-order valence-corrected chi connectivity index (χ1v) is 8.90. The van der Waals surface area contributed by atoms with Crippen LogP contribution in [0.1, 0.15) is 55.9 Å². The Bertz CT molecular complexity index is 529. The summed E-state index contributed by atoms with van der Waals surface area (Å²) in [5, 5.41) is 2.95. The average molecular weight is 317 g/mol. The first-order chi connectivity index (χ1) is 11.3. The summed E-state index contributed by atoms with van der Waals surface area (Å²) in [4.78, 5) is 19.0. The summed E-state index contributed by atoms with van der Waals surface area (Å²) in [6.45, 7) is 4.69. The maximum absolute atomic E-state index is 12.3. The van der Waals surface area contributed by atoms with Gasteiger partial charge in [-0.1, -0.05) is 6.92 Å². The minimum atomic E-state index is -0.104. The molecule has 0 bridgehead atoms. The Morgan fingerprint density at radius 2 is 2.30 bits per heavy atom. The summed E-state index contributed by atoms with van der Waals surface area (Å²) in [6, 6.07) is 4.53. The highest BCUT2D eigenvalue weighted by atomic mass is 16.5. The van der Waals surface area contributed by atoms with Crippen molar-refractivity contribution >= 4 is 11.6 Å². The van der Waals surface area contributed by atoms with Crippen molar-refractivity contribution in [1.82, 2.24) is 10.3 Å². The van der Waals surface area contributed by atoms with Crippen molar-refractivity contribution in [3.05, 3.63) is 24.0 Å². The predicted molar refractivity (Wildman–Crippen MR) is 90.8 cm³/mol. The van der Waals surface area contributed by atoms with Crippen LogP contribution >= 0.6 is 0 Å². The number of amides is 1. The van der Waals surface area contributed by atoms with Crippen LogP contribution in [0.25, 0.3) is 0 Å². The van der Waals surface area contributed by atoms with Crippen LogP contribution < -0.4 is 10.2 Å². The molecule has 0 saturated carbocycles. The number of hydrogen-bond donors (Lipinski definition) is 1. The highest BCUT2D eigenvalue weighted by Crippen LogP contribution is 2.26. The molecule has 2 aliphatic rings. The van der Waals surface area contributed by atoms with Gasteiger partial charge in [0.1, 0.15) is 5.69 Å². The SMILES string of the molecule is CCC1CCCCN1c1ccnc(C(=O)NCC2CCCO2)c1. The Morgan fingerprint density at radius 3 is 3.09 bits per heavy atom. The molecule has 126 valence electrons. The molecule has 0 radical (unpaired) electrons. The minimum absolute atomic E-state index is 0.104. The molecule has 5 heteroatoms. The molecular weight excluding hydrogens is 290 g/mol. The molecule has 23 heavy (non-hydrogen) atoms. The summed E-state index contributed by atoms with van der Waals surface area (Å²) < 4.78 is 5.54. The molecule has 1 aromatic rings. The zero-order valence-corrected chi connectivity index (χ0v) is 14.0. The number of anilines is 1. The van der Waals surface area contributed by atoms with Gasteiger partial charge in [0, 0.05) is 37.6 Å². The van der Waals surface area contributed by atoms with Crippen molar-refractivity contribution in [2.45, 2.75) is 57.6 Å². The number of ether oxygens (including phenoxy) is 1. The van der Waals surface area contributed by atoms with Crippen molar-refractivity contribution in [1.29, 1.82) is 0 Å². The standard InChI is InChI=1S/C18H27N3O2/c1-2-14-6-3-4-10-21(14)15-8-9-19-17(12-15)18(22)20-13-16-7-5-11-23-16/h8-9,12,14,16H,2-7,10-11,13H2,1H3,(H,20,22). The molecule has 3 heterocycles. The number of nitrogens with one attached hydrogen (secondary N) is 1. The van der Waals surface area contributed by atoms with Crippen LogP contribution in [-0.2, 0) is 4.74 Å². The van der Waals surface area contributed by atoms with Crippen LogP contribution in [-0.4, -0.2) is 42.7 Å². The van der Waals surface area contributed by atoms with Gasteiger partial charge in [-0.05, 0) is 50.7 Å². The largest absolute Gasteiger partial charge is 0.376 e. The maximum atomic E-state index is 12.3. The number of rotatable bonds is 5. The van der Waals surface area contributed by atoms with Gasteiger partial charge in [0.15, 0.2) is 0 Å². The normalized spacial score (nSPS) is 24.7. The Balaban J connectivity index is 1.64. The van der Waals surface area contributed by atoms with Crippen LogP contribution in [0.5, 0.6) is 0 Å². The molecule has 1 amide bonds. The molecule has 1 N–H and O–H groups in total. The zero-order valence-electron chi connectivity index (χ0n) is 14.0. The lowest BCUT2D eigenvalue weighted by molar-refractivity contribution is 0.0853. The molecule has 0 aromatic carbocycles. The van der Waals surface area contributed by atoms with Crippen molar-refractivity contribution < 1.29 is 9.53 Å². The summed E-state index contributed by atoms with van der Waals surface area (Å²) in [5.74, 6) is -0.104. The third-order valence-electron chi connectivity index (χ3n) is 4.92. The number of carbonyl (C=O) groups is 1. The van der Waals surface area contributed by atoms with Crippen molar-refractivity contribution in [2.75, 3.05) is 24.6 Å². The van der Waals surface area contributed by atoms with Crippen molar-refractivity contribution in [2.24, 2.45) is 0 Å². The number of piperidine rings is 1. The second kappa shape index (κ2) is 7.77. The van der Waals surface area contributed by atoms with Crippen LogP contribution in [0.2, 0.25) is 0 Å². The number of hydrogen-bond acceptors (Lipinski definition) is 4. The van der Waals surface area contributed by atoms with Gasteiger partial charge in [-0.15, -0.1) is 0 Å². The highest BCUT2D eigenvalue weighted by molar-refractivity contribution is 5.93. The molecule has 2 saturated heterocycles. The fraction of sp³-hybridized carbons (Fsp3) is 0.667.